The molecule has 1 aromatic carbocycles. The quantitative estimate of drug-likeness (QED) is 0.790. The summed E-state index contributed by atoms with van der Waals surface area (Å²) >= 11 is 3.17. The first-order chi connectivity index (χ1) is 8.49. The minimum Gasteiger partial charge on any atom is -0.507 e. The zero-order chi connectivity index (χ0) is 13.3. The molecule has 1 atom stereocenters. The molecule has 1 aromatic rings. The fourth-order valence-electron chi connectivity index (χ4n) is 1.73. The molecule has 1 unspecified atom stereocenters. The van der Waals surface area contributed by atoms with Crippen LogP contribution in [-0.4, -0.2) is 28.1 Å². The van der Waals surface area contributed by atoms with E-state index >= 15 is 0 Å². The Kier molecular flexibility index (Phi) is 3.56. The third-order valence-corrected chi connectivity index (χ3v) is 3.34. The van der Waals surface area contributed by atoms with Gasteiger partial charge in [-0.05, 0) is 37.0 Å². The summed E-state index contributed by atoms with van der Waals surface area (Å²) in [7, 11) is 0. The van der Waals surface area contributed by atoms with Crippen LogP contribution in [0.25, 0.3) is 0 Å². The molecule has 0 aromatic heterocycles. The van der Waals surface area contributed by atoms with Crippen LogP contribution in [0.15, 0.2) is 22.7 Å². The molecule has 2 rings (SSSR count). The molecular weight excluding hydrogens is 302 g/mol. The van der Waals surface area contributed by atoms with Gasteiger partial charge in [0.05, 0.1) is 5.56 Å². The summed E-state index contributed by atoms with van der Waals surface area (Å²) in [5, 5.41) is 21.1. The molecule has 3 N–H and O–H groups in total. The van der Waals surface area contributed by atoms with Gasteiger partial charge >= 0.3 is 5.97 Å². The number of carbonyl (C=O) groups excluding carboxylic acids is 1. The summed E-state index contributed by atoms with van der Waals surface area (Å²) in [6.45, 7) is 0. The molecular formula is C12H12BrNO4. The number of aromatic hydroxyl groups is 1. The number of halogens is 1. The minimum absolute atomic E-state index is 0.00374. The molecule has 18 heavy (non-hydrogen) atoms. The van der Waals surface area contributed by atoms with Gasteiger partial charge < -0.3 is 15.5 Å². The van der Waals surface area contributed by atoms with E-state index in [2.05, 4.69) is 21.2 Å². The Hall–Kier alpha value is -1.56. The fourth-order valence-corrected chi connectivity index (χ4v) is 2.08. The van der Waals surface area contributed by atoms with Gasteiger partial charge in [0, 0.05) is 4.47 Å². The van der Waals surface area contributed by atoms with Crippen molar-refractivity contribution in [2.24, 2.45) is 5.92 Å². The minimum atomic E-state index is -1.04. The smallest absolute Gasteiger partial charge is 0.326 e. The number of rotatable bonds is 4. The number of benzene rings is 1. The summed E-state index contributed by atoms with van der Waals surface area (Å²) in [5.41, 5.74) is 0.0742. The zero-order valence-corrected chi connectivity index (χ0v) is 11.0. The third kappa shape index (κ3) is 2.81. The summed E-state index contributed by atoms with van der Waals surface area (Å²) in [6, 6.07) is 3.57. The molecule has 1 fully saturated rings. The molecule has 0 spiro atoms. The van der Waals surface area contributed by atoms with Crippen molar-refractivity contribution in [3.8, 4) is 5.75 Å². The van der Waals surface area contributed by atoms with Crippen LogP contribution >= 0.6 is 15.9 Å². The van der Waals surface area contributed by atoms with Gasteiger partial charge in [0.25, 0.3) is 5.91 Å². The number of phenolic OH excluding ortho intramolecular Hbond substituents is 1. The molecule has 1 amide bonds. The SMILES string of the molecule is O=C(NC(C(=O)O)C1CC1)c1ccc(Br)cc1O. The molecule has 0 heterocycles. The van der Waals surface area contributed by atoms with Gasteiger partial charge in [0.2, 0.25) is 0 Å². The molecule has 0 aliphatic heterocycles. The Morgan fingerprint density at radius 1 is 1.39 bits per heavy atom. The molecule has 0 saturated heterocycles. The lowest BCUT2D eigenvalue weighted by Gasteiger charge is -2.14. The van der Waals surface area contributed by atoms with Crippen LogP contribution in [0.3, 0.4) is 0 Å². The van der Waals surface area contributed by atoms with Crippen molar-refractivity contribution in [3.63, 3.8) is 0 Å². The molecule has 1 saturated carbocycles. The topological polar surface area (TPSA) is 86.6 Å². The van der Waals surface area contributed by atoms with Crippen molar-refractivity contribution in [3.05, 3.63) is 28.2 Å². The number of carboxylic acids is 1. The predicted octanol–water partition coefficient (Wildman–Crippen LogP) is 1.75. The van der Waals surface area contributed by atoms with E-state index < -0.39 is 17.9 Å². The van der Waals surface area contributed by atoms with Crippen LogP contribution in [0.4, 0.5) is 0 Å². The van der Waals surface area contributed by atoms with E-state index in [4.69, 9.17) is 5.11 Å². The number of aliphatic carboxylic acids is 1. The van der Waals surface area contributed by atoms with Crippen LogP contribution in [0, 0.1) is 5.92 Å². The first kappa shape index (κ1) is 12.9. The lowest BCUT2D eigenvalue weighted by Crippen LogP contribution is -2.42. The number of phenols is 1. The van der Waals surface area contributed by atoms with Crippen LogP contribution in [-0.2, 0) is 4.79 Å². The molecule has 6 heteroatoms. The molecule has 96 valence electrons. The van der Waals surface area contributed by atoms with Crippen molar-refractivity contribution in [2.75, 3.05) is 0 Å². The maximum atomic E-state index is 11.9. The van der Waals surface area contributed by atoms with Gasteiger partial charge in [-0.3, -0.25) is 4.79 Å². The third-order valence-electron chi connectivity index (χ3n) is 2.85. The first-order valence-electron chi connectivity index (χ1n) is 5.51. The van der Waals surface area contributed by atoms with E-state index in [0.29, 0.717) is 4.47 Å². The Morgan fingerprint density at radius 3 is 2.56 bits per heavy atom. The number of hydrogen-bond acceptors (Lipinski definition) is 3. The monoisotopic (exact) mass is 313 g/mol. The van der Waals surface area contributed by atoms with Crippen LogP contribution in [0.2, 0.25) is 0 Å². The summed E-state index contributed by atoms with van der Waals surface area (Å²) < 4.78 is 0.647. The van der Waals surface area contributed by atoms with Gasteiger partial charge in [-0.2, -0.15) is 0 Å². The maximum Gasteiger partial charge on any atom is 0.326 e. The summed E-state index contributed by atoms with van der Waals surface area (Å²) in [4.78, 5) is 22.9. The second-order valence-corrected chi connectivity index (χ2v) is 5.20. The molecule has 0 bridgehead atoms. The lowest BCUT2D eigenvalue weighted by molar-refractivity contribution is -0.139. The molecule has 0 radical (unpaired) electrons. The fraction of sp³-hybridized carbons (Fsp3) is 0.333. The second kappa shape index (κ2) is 4.97. The highest BCUT2D eigenvalue weighted by Gasteiger charge is 2.37. The molecule has 1 aliphatic carbocycles. The van der Waals surface area contributed by atoms with Gasteiger partial charge in [-0.1, -0.05) is 15.9 Å². The summed E-state index contributed by atoms with van der Waals surface area (Å²) in [5.74, 6) is -1.78. The van der Waals surface area contributed by atoms with Gasteiger partial charge in [0.15, 0.2) is 0 Å². The maximum absolute atomic E-state index is 11.9. The van der Waals surface area contributed by atoms with E-state index in [-0.39, 0.29) is 17.2 Å². The number of hydrogen-bond donors (Lipinski definition) is 3. The van der Waals surface area contributed by atoms with E-state index in [1.54, 1.807) is 6.07 Å². The van der Waals surface area contributed by atoms with Crippen molar-refractivity contribution in [1.29, 1.82) is 0 Å². The van der Waals surface area contributed by atoms with Crippen molar-refractivity contribution >= 4 is 27.8 Å². The number of amides is 1. The molecule has 1 aliphatic rings. The summed E-state index contributed by atoms with van der Waals surface area (Å²) in [6.07, 6.45) is 1.62. The van der Waals surface area contributed by atoms with Gasteiger partial charge in [-0.25, -0.2) is 4.79 Å². The van der Waals surface area contributed by atoms with E-state index in [1.165, 1.54) is 12.1 Å². The van der Waals surface area contributed by atoms with Crippen LogP contribution < -0.4 is 5.32 Å². The highest BCUT2D eigenvalue weighted by molar-refractivity contribution is 9.10. The Morgan fingerprint density at radius 2 is 2.06 bits per heavy atom. The van der Waals surface area contributed by atoms with Crippen molar-refractivity contribution in [1.82, 2.24) is 5.32 Å². The first-order valence-corrected chi connectivity index (χ1v) is 6.30. The van der Waals surface area contributed by atoms with Gasteiger partial charge in [-0.15, -0.1) is 0 Å². The van der Waals surface area contributed by atoms with E-state index in [0.717, 1.165) is 12.8 Å². The number of carboxylic acid groups (broad SMARTS) is 1. The van der Waals surface area contributed by atoms with Crippen LogP contribution in [0.5, 0.6) is 5.75 Å². The van der Waals surface area contributed by atoms with Gasteiger partial charge in [0.1, 0.15) is 11.8 Å². The highest BCUT2D eigenvalue weighted by Crippen LogP contribution is 2.33. The van der Waals surface area contributed by atoms with E-state index in [9.17, 15) is 14.7 Å². The average molecular weight is 314 g/mol. The lowest BCUT2D eigenvalue weighted by atomic mass is 10.1. The number of carbonyl (C=O) groups is 2. The van der Waals surface area contributed by atoms with Crippen molar-refractivity contribution < 1.29 is 19.8 Å². The van der Waals surface area contributed by atoms with E-state index in [1.807, 2.05) is 0 Å². The Bertz CT molecular complexity index is 499. The zero-order valence-electron chi connectivity index (χ0n) is 9.39. The van der Waals surface area contributed by atoms with Crippen molar-refractivity contribution in [2.45, 2.75) is 18.9 Å². The predicted molar refractivity (Wildman–Crippen MR) is 67.4 cm³/mol. The Labute approximate surface area is 112 Å². The Balaban J connectivity index is 2.13. The molecule has 5 nitrogen and oxygen atoms in total. The second-order valence-electron chi connectivity index (χ2n) is 4.29. The standard InChI is InChI=1S/C12H12BrNO4/c13-7-3-4-8(9(15)5-7)11(16)14-10(12(17)18)6-1-2-6/h3-6,10,15H,1-2H2,(H,14,16)(H,17,18). The largest absolute Gasteiger partial charge is 0.507 e. The highest BCUT2D eigenvalue weighted by atomic mass is 79.9. The van der Waals surface area contributed by atoms with Crippen LogP contribution in [0.1, 0.15) is 23.2 Å². The number of nitrogens with one attached hydrogen (secondary N) is 1. The normalized spacial score (nSPS) is 16.1. The average Bonchev–Trinajstić information content (AvgIpc) is 3.08.